The molecule has 4 N–H and O–H groups in total. The van der Waals surface area contributed by atoms with Crippen LogP contribution in [0.25, 0.3) is 0 Å². The quantitative estimate of drug-likeness (QED) is 0.722. The van der Waals surface area contributed by atoms with Crippen LogP contribution in [0.4, 0.5) is 11.8 Å². The Balaban J connectivity index is 1.67. The van der Waals surface area contributed by atoms with Crippen molar-refractivity contribution in [2.45, 2.75) is 26.6 Å². The largest absolute Gasteiger partial charge is 0.383 e. The zero-order valence-corrected chi connectivity index (χ0v) is 14.3. The van der Waals surface area contributed by atoms with Gasteiger partial charge < -0.3 is 16.2 Å². The molecule has 1 aromatic heterocycles. The number of ether oxygens (including phenoxy) is 1. The highest BCUT2D eigenvalue weighted by molar-refractivity contribution is 5.45. The van der Waals surface area contributed by atoms with E-state index in [1.807, 2.05) is 18.2 Å². The molecule has 0 spiro atoms. The van der Waals surface area contributed by atoms with E-state index < -0.39 is 0 Å². The molecule has 128 valence electrons. The summed E-state index contributed by atoms with van der Waals surface area (Å²) in [4.78, 5) is 8.06. The molecule has 0 amide bonds. The van der Waals surface area contributed by atoms with Crippen LogP contribution in [-0.4, -0.2) is 9.97 Å². The van der Waals surface area contributed by atoms with Gasteiger partial charge in [-0.15, -0.1) is 0 Å². The second-order valence-corrected chi connectivity index (χ2v) is 6.05. The Morgan fingerprint density at radius 1 is 0.920 bits per heavy atom. The maximum Gasteiger partial charge on any atom is 0.221 e. The van der Waals surface area contributed by atoms with Gasteiger partial charge in [0.15, 0.2) is 0 Å². The van der Waals surface area contributed by atoms with Gasteiger partial charge >= 0.3 is 0 Å². The first kappa shape index (κ1) is 16.9. The second-order valence-electron chi connectivity index (χ2n) is 6.05. The zero-order valence-electron chi connectivity index (χ0n) is 14.3. The number of nitrogens with zero attached hydrogens (tertiary/aromatic N) is 2. The number of rotatable bonds is 6. The van der Waals surface area contributed by atoms with E-state index in [1.165, 1.54) is 16.7 Å². The summed E-state index contributed by atoms with van der Waals surface area (Å²) in [6.07, 6.45) is 2.36. The van der Waals surface area contributed by atoms with Crippen LogP contribution in [0.1, 0.15) is 27.8 Å². The van der Waals surface area contributed by atoms with E-state index in [0.717, 1.165) is 11.1 Å². The molecule has 0 aliphatic heterocycles. The average molecular weight is 334 g/mol. The Labute approximate surface area is 147 Å². The Morgan fingerprint density at radius 2 is 1.68 bits per heavy atom. The van der Waals surface area contributed by atoms with Crippen molar-refractivity contribution in [2.24, 2.45) is 0 Å². The molecule has 0 unspecified atom stereocenters. The summed E-state index contributed by atoms with van der Waals surface area (Å²) in [6, 6.07) is 16.5. The lowest BCUT2D eigenvalue weighted by atomic mass is 9.99. The van der Waals surface area contributed by atoms with Crippen molar-refractivity contribution in [3.8, 4) is 0 Å². The summed E-state index contributed by atoms with van der Waals surface area (Å²) in [5.74, 6) is 0.624. The first-order chi connectivity index (χ1) is 12.1. The number of anilines is 2. The number of benzene rings is 2. The molecule has 3 rings (SSSR count). The van der Waals surface area contributed by atoms with Gasteiger partial charge in [-0.05, 0) is 29.2 Å². The van der Waals surface area contributed by atoms with E-state index >= 15 is 0 Å². The predicted octanol–water partition coefficient (Wildman–Crippen LogP) is 3.26. The van der Waals surface area contributed by atoms with Gasteiger partial charge in [0.05, 0.1) is 13.2 Å². The Morgan fingerprint density at radius 3 is 2.44 bits per heavy atom. The van der Waals surface area contributed by atoms with E-state index in [1.54, 1.807) is 6.20 Å². The lowest BCUT2D eigenvalue weighted by Crippen LogP contribution is -2.05. The van der Waals surface area contributed by atoms with Gasteiger partial charge in [-0.1, -0.05) is 48.5 Å². The molecule has 0 aliphatic carbocycles. The Bertz CT molecular complexity index is 850. The van der Waals surface area contributed by atoms with Gasteiger partial charge in [0, 0.05) is 18.2 Å². The zero-order chi connectivity index (χ0) is 17.6. The predicted molar refractivity (Wildman–Crippen MR) is 99.8 cm³/mol. The Hall–Kier alpha value is -2.92. The van der Waals surface area contributed by atoms with Crippen molar-refractivity contribution in [1.29, 1.82) is 0 Å². The number of nitrogen functional groups attached to an aromatic ring is 2. The van der Waals surface area contributed by atoms with Crippen LogP contribution in [0.3, 0.4) is 0 Å². The summed E-state index contributed by atoms with van der Waals surface area (Å²) < 4.78 is 5.82. The number of hydrogen-bond acceptors (Lipinski definition) is 5. The first-order valence-corrected chi connectivity index (χ1v) is 8.19. The van der Waals surface area contributed by atoms with Gasteiger partial charge in [-0.3, -0.25) is 0 Å². The molecule has 3 aromatic rings. The molecule has 25 heavy (non-hydrogen) atoms. The molecule has 0 atom stereocenters. The molecule has 2 aromatic carbocycles. The van der Waals surface area contributed by atoms with E-state index in [9.17, 15) is 0 Å². The van der Waals surface area contributed by atoms with Crippen molar-refractivity contribution in [3.63, 3.8) is 0 Å². The highest BCUT2D eigenvalue weighted by atomic mass is 16.5. The minimum atomic E-state index is 0.195. The lowest BCUT2D eigenvalue weighted by molar-refractivity contribution is 0.107. The summed E-state index contributed by atoms with van der Waals surface area (Å²) in [5.41, 5.74) is 17.1. The fraction of sp³-hybridized carbons (Fsp3) is 0.200. The number of aryl methyl sites for hydroxylation is 1. The fourth-order valence-electron chi connectivity index (χ4n) is 2.64. The second kappa shape index (κ2) is 7.77. The molecular formula is C20H22N4O. The van der Waals surface area contributed by atoms with Gasteiger partial charge in [0.1, 0.15) is 5.82 Å². The van der Waals surface area contributed by atoms with Crippen LogP contribution in [0.15, 0.2) is 54.7 Å². The minimum Gasteiger partial charge on any atom is -0.383 e. The van der Waals surface area contributed by atoms with Crippen molar-refractivity contribution in [1.82, 2.24) is 9.97 Å². The van der Waals surface area contributed by atoms with Crippen LogP contribution in [-0.2, 0) is 24.4 Å². The normalized spacial score (nSPS) is 10.8. The molecule has 5 heteroatoms. The number of nitrogens with two attached hydrogens (primary N) is 2. The summed E-state index contributed by atoms with van der Waals surface area (Å²) in [5, 5.41) is 0. The van der Waals surface area contributed by atoms with Gasteiger partial charge in [0.2, 0.25) is 5.95 Å². The molecule has 1 heterocycles. The molecule has 0 bridgehead atoms. The van der Waals surface area contributed by atoms with Crippen molar-refractivity contribution in [3.05, 3.63) is 82.5 Å². The topological polar surface area (TPSA) is 87.0 Å². The third kappa shape index (κ3) is 4.55. The van der Waals surface area contributed by atoms with Gasteiger partial charge in [-0.25, -0.2) is 4.98 Å². The molecule has 0 radical (unpaired) electrons. The average Bonchev–Trinajstić information content (AvgIpc) is 2.61. The monoisotopic (exact) mass is 334 g/mol. The minimum absolute atomic E-state index is 0.195. The third-order valence-corrected chi connectivity index (χ3v) is 4.09. The maximum atomic E-state index is 5.95. The molecule has 0 saturated carbocycles. The van der Waals surface area contributed by atoms with E-state index in [4.69, 9.17) is 16.2 Å². The molecule has 0 aliphatic rings. The van der Waals surface area contributed by atoms with Gasteiger partial charge in [0.25, 0.3) is 0 Å². The molecule has 0 fully saturated rings. The Kier molecular flexibility index (Phi) is 5.26. The fourth-order valence-corrected chi connectivity index (χ4v) is 2.64. The van der Waals surface area contributed by atoms with Crippen LogP contribution >= 0.6 is 0 Å². The third-order valence-electron chi connectivity index (χ3n) is 4.09. The van der Waals surface area contributed by atoms with E-state index in [2.05, 4.69) is 47.2 Å². The standard InChI is InChI=1S/C20H22N4O/c1-14-7-8-16(13-25-12-15-5-3-2-4-6-15)9-17(14)10-18-11-23-20(22)24-19(18)21/h2-9,11H,10,12-13H2,1H3,(H4,21,22,23,24). The molecular weight excluding hydrogens is 312 g/mol. The van der Waals surface area contributed by atoms with E-state index in [-0.39, 0.29) is 5.95 Å². The van der Waals surface area contributed by atoms with Crippen molar-refractivity contribution in [2.75, 3.05) is 11.5 Å². The van der Waals surface area contributed by atoms with Crippen LogP contribution in [0, 0.1) is 6.92 Å². The van der Waals surface area contributed by atoms with Crippen LogP contribution in [0.2, 0.25) is 0 Å². The van der Waals surface area contributed by atoms with Crippen molar-refractivity contribution >= 4 is 11.8 Å². The smallest absolute Gasteiger partial charge is 0.221 e. The number of hydrogen-bond donors (Lipinski definition) is 2. The summed E-state index contributed by atoms with van der Waals surface area (Å²) in [6.45, 7) is 3.25. The maximum absolute atomic E-state index is 5.95. The highest BCUT2D eigenvalue weighted by Gasteiger charge is 2.07. The SMILES string of the molecule is Cc1ccc(COCc2ccccc2)cc1Cc1cnc(N)nc1N. The summed E-state index contributed by atoms with van der Waals surface area (Å²) in [7, 11) is 0. The molecule has 0 saturated heterocycles. The number of aromatic nitrogens is 2. The van der Waals surface area contributed by atoms with Gasteiger partial charge in [-0.2, -0.15) is 4.98 Å². The van der Waals surface area contributed by atoms with Crippen molar-refractivity contribution < 1.29 is 4.74 Å². The summed E-state index contributed by atoms with van der Waals surface area (Å²) >= 11 is 0. The first-order valence-electron chi connectivity index (χ1n) is 8.19. The molecule has 5 nitrogen and oxygen atoms in total. The van der Waals surface area contributed by atoms with Crippen LogP contribution < -0.4 is 11.5 Å². The highest BCUT2D eigenvalue weighted by Crippen LogP contribution is 2.19. The van der Waals surface area contributed by atoms with Crippen LogP contribution in [0.5, 0.6) is 0 Å². The lowest BCUT2D eigenvalue weighted by Gasteiger charge is -2.11. The van der Waals surface area contributed by atoms with E-state index in [0.29, 0.717) is 25.5 Å².